The highest BCUT2D eigenvalue weighted by Crippen LogP contribution is 2.21. The monoisotopic (exact) mass is 372 g/mol. The quantitative estimate of drug-likeness (QED) is 0.781. The second-order valence-corrected chi connectivity index (χ2v) is 8.53. The van der Waals surface area contributed by atoms with Crippen molar-refractivity contribution in [1.29, 1.82) is 0 Å². The zero-order valence-corrected chi connectivity index (χ0v) is 14.9. The number of sulfonamides is 1. The van der Waals surface area contributed by atoms with Crippen molar-refractivity contribution in [2.24, 2.45) is 0 Å². The SMILES string of the molecule is CCCS(=O)(=O)Nc1cccc(C(=O)NCc2ccc(Cl)s2)c1. The molecule has 1 aromatic carbocycles. The minimum absolute atomic E-state index is 0.0442. The number of hydrogen-bond donors (Lipinski definition) is 2. The number of nitrogens with one attached hydrogen (secondary N) is 2. The standard InChI is InChI=1S/C15H17ClN2O3S2/c1-2-8-23(20,21)18-12-5-3-4-11(9-12)15(19)17-10-13-6-7-14(16)22-13/h3-7,9,18H,2,8,10H2,1H3,(H,17,19). The van der Waals surface area contributed by atoms with Crippen LogP contribution in [0.15, 0.2) is 36.4 Å². The van der Waals surface area contributed by atoms with Gasteiger partial charge in [0.05, 0.1) is 16.6 Å². The lowest BCUT2D eigenvalue weighted by Crippen LogP contribution is -2.22. The van der Waals surface area contributed by atoms with Crippen LogP contribution < -0.4 is 10.0 Å². The number of benzene rings is 1. The molecule has 0 aliphatic carbocycles. The smallest absolute Gasteiger partial charge is 0.251 e. The van der Waals surface area contributed by atoms with Gasteiger partial charge in [-0.2, -0.15) is 0 Å². The Labute approximate surface area is 144 Å². The predicted octanol–water partition coefficient (Wildman–Crippen LogP) is 3.48. The highest BCUT2D eigenvalue weighted by Gasteiger charge is 2.11. The largest absolute Gasteiger partial charge is 0.347 e. The Bertz CT molecular complexity index is 788. The summed E-state index contributed by atoms with van der Waals surface area (Å²) in [7, 11) is -3.37. The first-order valence-electron chi connectivity index (χ1n) is 7.02. The van der Waals surface area contributed by atoms with E-state index in [-0.39, 0.29) is 11.7 Å². The van der Waals surface area contributed by atoms with Crippen molar-refractivity contribution in [3.63, 3.8) is 0 Å². The number of anilines is 1. The Morgan fingerprint density at radius 2 is 2.04 bits per heavy atom. The summed E-state index contributed by atoms with van der Waals surface area (Å²) in [6.07, 6.45) is 0.527. The molecule has 8 heteroatoms. The van der Waals surface area contributed by atoms with Gasteiger partial charge >= 0.3 is 0 Å². The number of thiophene rings is 1. The molecule has 0 bridgehead atoms. The summed E-state index contributed by atoms with van der Waals surface area (Å²) < 4.78 is 26.7. The zero-order chi connectivity index (χ0) is 16.9. The van der Waals surface area contributed by atoms with E-state index in [0.717, 1.165) is 4.88 Å². The van der Waals surface area contributed by atoms with Gasteiger partial charge in [0.25, 0.3) is 5.91 Å². The molecule has 2 N–H and O–H groups in total. The Kier molecular flexibility index (Phi) is 6.04. The fourth-order valence-electron chi connectivity index (χ4n) is 1.94. The van der Waals surface area contributed by atoms with E-state index < -0.39 is 10.0 Å². The number of amides is 1. The Morgan fingerprint density at radius 1 is 1.26 bits per heavy atom. The van der Waals surface area contributed by atoms with E-state index in [1.54, 1.807) is 31.2 Å². The van der Waals surface area contributed by atoms with Gasteiger partial charge < -0.3 is 5.32 Å². The third-order valence-corrected chi connectivity index (χ3v) is 5.65. The lowest BCUT2D eigenvalue weighted by molar-refractivity contribution is 0.0951. The maximum absolute atomic E-state index is 12.2. The fraction of sp³-hybridized carbons (Fsp3) is 0.267. The van der Waals surface area contributed by atoms with Crippen LogP contribution in [0.5, 0.6) is 0 Å². The molecule has 0 saturated heterocycles. The maximum Gasteiger partial charge on any atom is 0.251 e. The number of hydrogen-bond acceptors (Lipinski definition) is 4. The van der Waals surface area contributed by atoms with Gasteiger partial charge in [-0.25, -0.2) is 8.42 Å². The van der Waals surface area contributed by atoms with E-state index in [0.29, 0.717) is 28.6 Å². The third kappa shape index (κ3) is 5.53. The van der Waals surface area contributed by atoms with Crippen LogP contribution in [-0.4, -0.2) is 20.1 Å². The summed E-state index contributed by atoms with van der Waals surface area (Å²) in [5.41, 5.74) is 0.773. The molecule has 0 aliphatic rings. The molecule has 0 atom stereocenters. The summed E-state index contributed by atoms with van der Waals surface area (Å²) >= 11 is 7.24. The summed E-state index contributed by atoms with van der Waals surface area (Å²) in [6.45, 7) is 2.17. The van der Waals surface area contributed by atoms with Gasteiger partial charge in [0, 0.05) is 16.1 Å². The molecule has 0 saturated carbocycles. The highest BCUT2D eigenvalue weighted by atomic mass is 35.5. The summed E-state index contributed by atoms with van der Waals surface area (Å²) in [4.78, 5) is 13.1. The van der Waals surface area contributed by atoms with E-state index in [9.17, 15) is 13.2 Å². The third-order valence-electron chi connectivity index (χ3n) is 2.92. The van der Waals surface area contributed by atoms with Crippen molar-refractivity contribution < 1.29 is 13.2 Å². The molecule has 0 unspecified atom stereocenters. The lowest BCUT2D eigenvalue weighted by Gasteiger charge is -2.09. The van der Waals surface area contributed by atoms with Gasteiger partial charge in [-0.15, -0.1) is 11.3 Å². The minimum Gasteiger partial charge on any atom is -0.347 e. The second kappa shape index (κ2) is 7.81. The first-order chi connectivity index (χ1) is 10.9. The van der Waals surface area contributed by atoms with Gasteiger partial charge in [0.1, 0.15) is 0 Å². The zero-order valence-electron chi connectivity index (χ0n) is 12.5. The first-order valence-corrected chi connectivity index (χ1v) is 9.87. The van der Waals surface area contributed by atoms with Crippen molar-refractivity contribution in [1.82, 2.24) is 5.32 Å². The maximum atomic E-state index is 12.2. The van der Waals surface area contributed by atoms with Gasteiger partial charge in [-0.3, -0.25) is 9.52 Å². The van der Waals surface area contributed by atoms with Crippen molar-refractivity contribution >= 4 is 44.6 Å². The van der Waals surface area contributed by atoms with E-state index in [4.69, 9.17) is 11.6 Å². The highest BCUT2D eigenvalue weighted by molar-refractivity contribution is 7.92. The molecule has 1 aromatic heterocycles. The molecular formula is C15H17ClN2O3S2. The van der Waals surface area contributed by atoms with Crippen LogP contribution in [0, 0.1) is 0 Å². The van der Waals surface area contributed by atoms with Gasteiger partial charge in [-0.05, 0) is 36.8 Å². The number of rotatable bonds is 7. The van der Waals surface area contributed by atoms with E-state index in [2.05, 4.69) is 10.0 Å². The van der Waals surface area contributed by atoms with Crippen molar-refractivity contribution in [3.8, 4) is 0 Å². The average molecular weight is 373 g/mol. The van der Waals surface area contributed by atoms with Crippen LogP contribution in [0.25, 0.3) is 0 Å². The second-order valence-electron chi connectivity index (χ2n) is 4.89. The van der Waals surface area contributed by atoms with E-state index in [1.807, 2.05) is 6.07 Å². The minimum atomic E-state index is -3.37. The first kappa shape index (κ1) is 17.8. The number of halogens is 1. The molecule has 5 nitrogen and oxygen atoms in total. The van der Waals surface area contributed by atoms with Crippen LogP contribution in [0.4, 0.5) is 5.69 Å². The number of carbonyl (C=O) groups is 1. The molecular weight excluding hydrogens is 356 g/mol. The summed E-state index contributed by atoms with van der Waals surface area (Å²) in [5, 5.41) is 2.78. The Morgan fingerprint density at radius 3 is 2.70 bits per heavy atom. The van der Waals surface area contributed by atoms with E-state index in [1.165, 1.54) is 17.4 Å². The topological polar surface area (TPSA) is 75.3 Å². The molecule has 0 fully saturated rings. The molecule has 124 valence electrons. The van der Waals surface area contributed by atoms with Crippen LogP contribution in [-0.2, 0) is 16.6 Å². The molecule has 0 aliphatic heterocycles. The average Bonchev–Trinajstić information content (AvgIpc) is 2.90. The summed E-state index contributed by atoms with van der Waals surface area (Å²) in [5.74, 6) is -0.228. The molecule has 2 rings (SSSR count). The van der Waals surface area contributed by atoms with Gasteiger partial charge in [-0.1, -0.05) is 24.6 Å². The summed E-state index contributed by atoms with van der Waals surface area (Å²) in [6, 6.07) is 10.0. The Hall–Kier alpha value is -1.57. The normalized spacial score (nSPS) is 11.2. The molecule has 0 radical (unpaired) electrons. The van der Waals surface area contributed by atoms with Crippen LogP contribution >= 0.6 is 22.9 Å². The van der Waals surface area contributed by atoms with Crippen molar-refractivity contribution in [2.45, 2.75) is 19.9 Å². The van der Waals surface area contributed by atoms with Crippen LogP contribution in [0.2, 0.25) is 4.34 Å². The molecule has 23 heavy (non-hydrogen) atoms. The number of carbonyl (C=O) groups excluding carboxylic acids is 1. The molecule has 0 spiro atoms. The van der Waals surface area contributed by atoms with Crippen LogP contribution in [0.3, 0.4) is 0 Å². The van der Waals surface area contributed by atoms with Gasteiger partial charge in [0.15, 0.2) is 0 Å². The van der Waals surface area contributed by atoms with Crippen LogP contribution in [0.1, 0.15) is 28.6 Å². The van der Waals surface area contributed by atoms with Gasteiger partial charge in [0.2, 0.25) is 10.0 Å². The predicted molar refractivity (Wildman–Crippen MR) is 94.6 cm³/mol. The molecule has 2 aromatic rings. The fourth-order valence-corrected chi connectivity index (χ4v) is 4.09. The molecule has 1 amide bonds. The lowest BCUT2D eigenvalue weighted by atomic mass is 10.2. The van der Waals surface area contributed by atoms with E-state index >= 15 is 0 Å². The Balaban J connectivity index is 2.02. The molecule has 1 heterocycles. The van der Waals surface area contributed by atoms with Crippen molar-refractivity contribution in [3.05, 3.63) is 51.2 Å². The van der Waals surface area contributed by atoms with Crippen molar-refractivity contribution in [2.75, 3.05) is 10.5 Å².